The molecule has 0 atom stereocenters. The van der Waals surface area contributed by atoms with Gasteiger partial charge in [0.15, 0.2) is 0 Å². The van der Waals surface area contributed by atoms with Crippen LogP contribution in [0.2, 0.25) is 0 Å². The van der Waals surface area contributed by atoms with Crippen LogP contribution in [0.5, 0.6) is 5.75 Å². The largest absolute Gasteiger partial charge is 0.496 e. The third-order valence-corrected chi connectivity index (χ3v) is 3.78. The molecule has 5 nitrogen and oxygen atoms in total. The second-order valence-electron chi connectivity index (χ2n) is 4.97. The third-order valence-electron chi connectivity index (χ3n) is 3.29. The number of carbonyl (C=O) groups is 2. The molecule has 130 valence electrons. The highest BCUT2D eigenvalue weighted by Crippen LogP contribution is 2.24. The third kappa shape index (κ3) is 5.19. The molecular weight excluding hydrogens is 386 g/mol. The molecule has 0 saturated carbocycles. The zero-order chi connectivity index (χ0) is 18.2. The molecule has 0 aliphatic heterocycles. The maximum Gasteiger partial charge on any atom is 0.340 e. The maximum absolute atomic E-state index is 12.2. The summed E-state index contributed by atoms with van der Waals surface area (Å²) in [6.07, 6.45) is 3.03. The quantitative estimate of drug-likeness (QED) is 0.577. The predicted octanol–water partition coefficient (Wildman–Crippen LogP) is 4.29. The maximum atomic E-state index is 12.2. The van der Waals surface area contributed by atoms with Crippen molar-refractivity contribution in [1.29, 1.82) is 0 Å². The molecule has 0 bridgehead atoms. The molecule has 0 aliphatic rings. The smallest absolute Gasteiger partial charge is 0.340 e. The fourth-order valence-corrected chi connectivity index (χ4v) is 2.53. The molecule has 0 fully saturated rings. The lowest BCUT2D eigenvalue weighted by Crippen LogP contribution is -2.13. The van der Waals surface area contributed by atoms with Gasteiger partial charge in [0.05, 0.1) is 25.0 Å². The number of rotatable bonds is 6. The van der Waals surface area contributed by atoms with Crippen LogP contribution in [0, 0.1) is 0 Å². The fourth-order valence-electron chi connectivity index (χ4n) is 2.15. The van der Waals surface area contributed by atoms with E-state index >= 15 is 0 Å². The van der Waals surface area contributed by atoms with Crippen LogP contribution in [0.4, 0.5) is 5.69 Å². The first-order chi connectivity index (χ1) is 12.0. The van der Waals surface area contributed by atoms with Crippen LogP contribution in [-0.4, -0.2) is 25.6 Å². The van der Waals surface area contributed by atoms with Gasteiger partial charge in [0.1, 0.15) is 5.75 Å². The zero-order valence-electron chi connectivity index (χ0n) is 13.9. The van der Waals surface area contributed by atoms with Crippen molar-refractivity contribution >= 4 is 39.6 Å². The van der Waals surface area contributed by atoms with Crippen molar-refractivity contribution in [3.63, 3.8) is 0 Å². The number of ether oxygens (including phenoxy) is 2. The highest BCUT2D eigenvalue weighted by molar-refractivity contribution is 9.10. The minimum absolute atomic E-state index is 0.268. The number of anilines is 1. The van der Waals surface area contributed by atoms with E-state index in [1.165, 1.54) is 6.08 Å². The van der Waals surface area contributed by atoms with Crippen LogP contribution >= 0.6 is 15.9 Å². The number of esters is 1. The van der Waals surface area contributed by atoms with E-state index in [2.05, 4.69) is 21.2 Å². The van der Waals surface area contributed by atoms with Crippen LogP contribution < -0.4 is 10.1 Å². The lowest BCUT2D eigenvalue weighted by Gasteiger charge is -2.09. The summed E-state index contributed by atoms with van der Waals surface area (Å²) in [4.78, 5) is 24.1. The monoisotopic (exact) mass is 403 g/mol. The predicted molar refractivity (Wildman–Crippen MR) is 101 cm³/mol. The molecule has 2 rings (SSSR count). The number of para-hydroxylation sites is 1. The molecule has 0 heterocycles. The van der Waals surface area contributed by atoms with Gasteiger partial charge in [0.2, 0.25) is 5.91 Å². The molecule has 0 radical (unpaired) electrons. The summed E-state index contributed by atoms with van der Waals surface area (Å²) in [6, 6.07) is 12.2. The van der Waals surface area contributed by atoms with Crippen molar-refractivity contribution in [2.75, 3.05) is 19.0 Å². The molecule has 25 heavy (non-hydrogen) atoms. The van der Waals surface area contributed by atoms with Crippen molar-refractivity contribution in [2.24, 2.45) is 0 Å². The van der Waals surface area contributed by atoms with Gasteiger partial charge in [-0.3, -0.25) is 4.79 Å². The molecule has 0 aromatic heterocycles. The normalized spacial score (nSPS) is 10.5. The molecule has 0 saturated heterocycles. The number of hydrogen-bond donors (Lipinski definition) is 1. The summed E-state index contributed by atoms with van der Waals surface area (Å²) >= 11 is 3.39. The van der Waals surface area contributed by atoms with Crippen LogP contribution in [0.3, 0.4) is 0 Å². The number of methoxy groups -OCH3 is 1. The summed E-state index contributed by atoms with van der Waals surface area (Å²) in [7, 11) is 1.57. The average Bonchev–Trinajstić information content (AvgIpc) is 2.60. The Kier molecular flexibility index (Phi) is 6.77. The minimum atomic E-state index is -0.476. The topological polar surface area (TPSA) is 64.6 Å². The Morgan fingerprint density at radius 2 is 1.96 bits per heavy atom. The molecule has 0 unspecified atom stereocenters. The van der Waals surface area contributed by atoms with Crippen molar-refractivity contribution in [3.05, 3.63) is 64.1 Å². The van der Waals surface area contributed by atoms with Gasteiger partial charge in [0, 0.05) is 16.1 Å². The van der Waals surface area contributed by atoms with Gasteiger partial charge in [-0.25, -0.2) is 4.79 Å². The van der Waals surface area contributed by atoms with Gasteiger partial charge in [-0.2, -0.15) is 0 Å². The zero-order valence-corrected chi connectivity index (χ0v) is 15.5. The Labute approximate surface area is 154 Å². The first kappa shape index (κ1) is 18.7. The SMILES string of the molecule is CCOC(=O)c1ccccc1NC(=O)/C=C/c1cc(Br)ccc1OC. The second-order valence-corrected chi connectivity index (χ2v) is 5.89. The Morgan fingerprint density at radius 3 is 2.68 bits per heavy atom. The molecule has 2 aromatic carbocycles. The van der Waals surface area contributed by atoms with Crippen molar-refractivity contribution in [2.45, 2.75) is 6.92 Å². The summed E-state index contributed by atoms with van der Waals surface area (Å²) < 4.78 is 11.1. The summed E-state index contributed by atoms with van der Waals surface area (Å²) in [5.74, 6) is -0.186. The minimum Gasteiger partial charge on any atom is -0.496 e. The van der Waals surface area contributed by atoms with Gasteiger partial charge >= 0.3 is 5.97 Å². The number of carbonyl (C=O) groups excluding carboxylic acids is 2. The summed E-state index contributed by atoms with van der Waals surface area (Å²) in [6.45, 7) is 2.00. The number of hydrogen-bond acceptors (Lipinski definition) is 4. The number of nitrogens with one attached hydrogen (secondary N) is 1. The van der Waals surface area contributed by atoms with E-state index < -0.39 is 5.97 Å². The van der Waals surface area contributed by atoms with E-state index in [0.717, 1.165) is 10.0 Å². The van der Waals surface area contributed by atoms with Crippen molar-refractivity contribution in [1.82, 2.24) is 0 Å². The number of halogens is 1. The molecule has 0 aliphatic carbocycles. The van der Waals surface area contributed by atoms with Gasteiger partial charge < -0.3 is 14.8 Å². The lowest BCUT2D eigenvalue weighted by atomic mass is 10.1. The van der Waals surface area contributed by atoms with E-state index in [1.54, 1.807) is 50.4 Å². The standard InChI is InChI=1S/C19H18BrNO4/c1-3-25-19(23)15-6-4-5-7-16(15)21-18(22)11-8-13-12-14(20)9-10-17(13)24-2/h4-12H,3H2,1-2H3,(H,21,22)/b11-8+. The van der Waals surface area contributed by atoms with Gasteiger partial charge in [-0.1, -0.05) is 28.1 Å². The van der Waals surface area contributed by atoms with Crippen LogP contribution in [0.25, 0.3) is 6.08 Å². The van der Waals surface area contributed by atoms with E-state index in [1.807, 2.05) is 12.1 Å². The molecule has 1 N–H and O–H groups in total. The molecule has 2 aromatic rings. The summed E-state index contributed by atoms with van der Waals surface area (Å²) in [5, 5.41) is 2.69. The second kappa shape index (κ2) is 9.03. The van der Waals surface area contributed by atoms with E-state index in [-0.39, 0.29) is 12.5 Å². The van der Waals surface area contributed by atoms with E-state index in [0.29, 0.717) is 17.0 Å². The Balaban J connectivity index is 2.16. The highest BCUT2D eigenvalue weighted by Gasteiger charge is 2.13. The first-order valence-corrected chi connectivity index (χ1v) is 8.43. The fraction of sp³-hybridized carbons (Fsp3) is 0.158. The molecule has 1 amide bonds. The number of amides is 1. The molecule has 6 heteroatoms. The van der Waals surface area contributed by atoms with Gasteiger partial charge in [-0.15, -0.1) is 0 Å². The summed E-state index contributed by atoms with van der Waals surface area (Å²) in [5.41, 5.74) is 1.47. The molecular formula is C19H18BrNO4. The lowest BCUT2D eigenvalue weighted by molar-refractivity contribution is -0.111. The van der Waals surface area contributed by atoms with Crippen LogP contribution in [0.15, 0.2) is 53.0 Å². The first-order valence-electron chi connectivity index (χ1n) is 7.64. The Bertz CT molecular complexity index is 802. The average molecular weight is 404 g/mol. The van der Waals surface area contributed by atoms with Crippen molar-refractivity contribution in [3.8, 4) is 5.75 Å². The van der Waals surface area contributed by atoms with Crippen LogP contribution in [0.1, 0.15) is 22.8 Å². The van der Waals surface area contributed by atoms with Gasteiger partial charge in [0.25, 0.3) is 0 Å². The molecule has 0 spiro atoms. The number of benzene rings is 2. The van der Waals surface area contributed by atoms with Crippen LogP contribution in [-0.2, 0) is 9.53 Å². The Hall–Kier alpha value is -2.60. The van der Waals surface area contributed by atoms with Gasteiger partial charge in [-0.05, 0) is 43.3 Å². The van der Waals surface area contributed by atoms with E-state index in [4.69, 9.17) is 9.47 Å². The highest BCUT2D eigenvalue weighted by atomic mass is 79.9. The van der Waals surface area contributed by atoms with E-state index in [9.17, 15) is 9.59 Å². The van der Waals surface area contributed by atoms with Crippen molar-refractivity contribution < 1.29 is 19.1 Å². The Morgan fingerprint density at radius 1 is 1.20 bits per heavy atom.